The van der Waals surface area contributed by atoms with Crippen LogP contribution >= 0.6 is 31.9 Å². The number of rotatable bonds is 1. The van der Waals surface area contributed by atoms with Gasteiger partial charge in [0.2, 0.25) is 0 Å². The van der Waals surface area contributed by atoms with Gasteiger partial charge in [0.15, 0.2) is 11.6 Å². The van der Waals surface area contributed by atoms with E-state index in [1.807, 2.05) is 0 Å². The van der Waals surface area contributed by atoms with Crippen molar-refractivity contribution in [3.63, 3.8) is 0 Å². The minimum Gasteiger partial charge on any atom is -0.396 e. The zero-order valence-electron chi connectivity index (χ0n) is 5.94. The van der Waals surface area contributed by atoms with Gasteiger partial charge in [0.1, 0.15) is 5.69 Å². The molecule has 0 unspecified atom stereocenters. The van der Waals surface area contributed by atoms with Crippen LogP contribution in [0.25, 0.3) is 0 Å². The second-order valence-electron chi connectivity index (χ2n) is 2.11. The first kappa shape index (κ1) is 10.9. The van der Waals surface area contributed by atoms with Crippen LogP contribution in [0.15, 0.2) is 13.3 Å². The van der Waals surface area contributed by atoms with Gasteiger partial charge in [-0.1, -0.05) is 0 Å². The monoisotopic (exact) mass is 330 g/mol. The van der Waals surface area contributed by atoms with Crippen molar-refractivity contribution >= 4 is 55.7 Å². The van der Waals surface area contributed by atoms with Crippen molar-refractivity contribution < 1.29 is 8.78 Å². The molecule has 0 atom stereocenters. The summed E-state index contributed by atoms with van der Waals surface area (Å²) < 4.78 is 28.9. The molecule has 0 spiro atoms. The molecule has 0 bridgehead atoms. The van der Waals surface area contributed by atoms with E-state index >= 15 is 0 Å². The van der Waals surface area contributed by atoms with Crippen molar-refractivity contribution in [2.75, 3.05) is 5.73 Å². The Morgan fingerprint density at radius 1 is 1.15 bits per heavy atom. The van der Waals surface area contributed by atoms with Gasteiger partial charge in [-0.3, -0.25) is 0 Å². The molecule has 0 radical (unpaired) electrons. The van der Waals surface area contributed by atoms with Crippen molar-refractivity contribution in [2.24, 2.45) is 4.36 Å². The Bertz CT molecular complexity index is 354. The van der Waals surface area contributed by atoms with Crippen LogP contribution in [0.4, 0.5) is 20.2 Å². The minimum atomic E-state index is -1.07. The Labute approximate surface area is 94.9 Å². The number of hydrogen-bond acceptors (Lipinski definition) is 3. The third kappa shape index (κ3) is 1.72. The summed E-state index contributed by atoms with van der Waals surface area (Å²) in [7, 11) is 0. The van der Waals surface area contributed by atoms with Gasteiger partial charge in [0.05, 0.1) is 14.6 Å². The van der Waals surface area contributed by atoms with E-state index in [1.54, 1.807) is 0 Å². The lowest BCUT2D eigenvalue weighted by Gasteiger charge is -2.06. The predicted molar refractivity (Wildman–Crippen MR) is 55.6 cm³/mol. The smallest absolute Gasteiger partial charge is 0.176 e. The first-order chi connectivity index (χ1) is 6.00. The van der Waals surface area contributed by atoms with Crippen molar-refractivity contribution in [3.8, 4) is 0 Å². The van der Waals surface area contributed by atoms with Crippen molar-refractivity contribution in [1.29, 1.82) is 0 Å². The van der Waals surface area contributed by atoms with Gasteiger partial charge >= 0.3 is 0 Å². The Morgan fingerprint density at radius 3 is 2.08 bits per heavy atom. The van der Waals surface area contributed by atoms with E-state index in [4.69, 9.17) is 5.73 Å². The largest absolute Gasteiger partial charge is 0.396 e. The summed E-state index contributed by atoms with van der Waals surface area (Å²) in [6.07, 6.45) is 0. The van der Waals surface area contributed by atoms with Gasteiger partial charge in [0.25, 0.3) is 0 Å². The van der Waals surface area contributed by atoms with Crippen molar-refractivity contribution in [3.05, 3.63) is 20.6 Å². The van der Waals surface area contributed by atoms with Crippen molar-refractivity contribution in [2.45, 2.75) is 0 Å². The lowest BCUT2D eigenvalue weighted by molar-refractivity contribution is 0.501. The van der Waals surface area contributed by atoms with Crippen LogP contribution in [0.3, 0.4) is 0 Å². The molecule has 1 aromatic carbocycles. The van der Waals surface area contributed by atoms with E-state index in [0.717, 1.165) is 0 Å². The van der Waals surface area contributed by atoms with E-state index in [2.05, 4.69) is 48.6 Å². The first-order valence-electron chi connectivity index (χ1n) is 2.95. The van der Waals surface area contributed by atoms with E-state index in [0.29, 0.717) is 0 Å². The van der Waals surface area contributed by atoms with Gasteiger partial charge < -0.3 is 5.73 Å². The first-order valence-corrected chi connectivity index (χ1v) is 4.90. The Kier molecular flexibility index (Phi) is 3.31. The molecular formula is C6H2Br2F2N2S. The molecular weight excluding hydrogens is 330 g/mol. The molecule has 0 aliphatic carbocycles. The zero-order chi connectivity index (χ0) is 10.2. The number of benzene rings is 1. The molecule has 0 amide bonds. The summed E-state index contributed by atoms with van der Waals surface area (Å²) >= 11 is 9.95. The van der Waals surface area contributed by atoms with Gasteiger partial charge in [-0.2, -0.15) is 4.36 Å². The highest BCUT2D eigenvalue weighted by atomic mass is 79.9. The summed E-state index contributed by atoms with van der Waals surface area (Å²) in [5.74, 6) is -2.13. The summed E-state index contributed by atoms with van der Waals surface area (Å²) in [4.78, 5) is 0. The quantitative estimate of drug-likeness (QED) is 0.486. The molecule has 2 nitrogen and oxygen atoms in total. The fourth-order valence-corrected chi connectivity index (χ4v) is 1.87. The van der Waals surface area contributed by atoms with Gasteiger partial charge in [-0.05, 0) is 31.9 Å². The van der Waals surface area contributed by atoms with Crippen LogP contribution in [0.2, 0.25) is 0 Å². The number of nitrogen functional groups attached to an aromatic ring is 1. The second-order valence-corrected chi connectivity index (χ2v) is 3.88. The molecule has 0 saturated carbocycles. The van der Waals surface area contributed by atoms with Crippen LogP contribution in [-0.4, -0.2) is 0 Å². The molecule has 70 valence electrons. The Morgan fingerprint density at radius 2 is 1.62 bits per heavy atom. The molecule has 1 aromatic rings. The van der Waals surface area contributed by atoms with Crippen LogP contribution in [-0.2, 0) is 12.4 Å². The molecule has 13 heavy (non-hydrogen) atoms. The average Bonchev–Trinajstić information content (AvgIpc) is 2.13. The Hall–Kier alpha value is -0.140. The maximum Gasteiger partial charge on any atom is 0.176 e. The molecule has 0 aliphatic heterocycles. The van der Waals surface area contributed by atoms with Crippen molar-refractivity contribution in [1.82, 2.24) is 0 Å². The van der Waals surface area contributed by atoms with E-state index < -0.39 is 11.6 Å². The summed E-state index contributed by atoms with van der Waals surface area (Å²) in [6.45, 7) is 0. The van der Waals surface area contributed by atoms with E-state index in [1.165, 1.54) is 0 Å². The third-order valence-corrected chi connectivity index (χ3v) is 3.05. The number of halogens is 4. The standard InChI is InChI=1S/C6H2Br2F2N2S/c7-1-3(9)4(10)2(8)6(12-13)5(1)11/h11H2. The van der Waals surface area contributed by atoms with Crippen LogP contribution < -0.4 is 5.73 Å². The maximum atomic E-state index is 13.0. The highest BCUT2D eigenvalue weighted by Crippen LogP contribution is 2.40. The minimum absolute atomic E-state index is 0.0146. The highest BCUT2D eigenvalue weighted by molar-refractivity contribution is 9.11. The molecule has 1 rings (SSSR count). The average molecular weight is 332 g/mol. The van der Waals surface area contributed by atoms with Gasteiger partial charge in [-0.15, -0.1) is 0 Å². The summed E-state index contributed by atoms with van der Waals surface area (Å²) in [5, 5.41) is 0. The molecule has 2 N–H and O–H groups in total. The number of anilines is 1. The van der Waals surface area contributed by atoms with Crippen LogP contribution in [0.1, 0.15) is 0 Å². The topological polar surface area (TPSA) is 38.4 Å². The van der Waals surface area contributed by atoms with Gasteiger partial charge in [0, 0.05) is 12.4 Å². The normalized spacial score (nSPS) is 10.2. The lowest BCUT2D eigenvalue weighted by atomic mass is 10.2. The number of nitrogens with zero attached hydrogens (tertiary/aromatic N) is 1. The van der Waals surface area contributed by atoms with E-state index in [-0.39, 0.29) is 20.3 Å². The molecule has 0 saturated heterocycles. The molecule has 0 fully saturated rings. The second kappa shape index (κ2) is 3.93. The fraction of sp³-hybridized carbons (Fsp3) is 0. The summed E-state index contributed by atoms with van der Waals surface area (Å²) in [5.41, 5.74) is 5.41. The predicted octanol–water partition coefficient (Wildman–Crippen LogP) is 3.43. The third-order valence-electron chi connectivity index (χ3n) is 1.37. The van der Waals surface area contributed by atoms with Crippen LogP contribution in [0, 0.1) is 11.6 Å². The Balaban J connectivity index is 3.66. The molecule has 0 aromatic heterocycles. The van der Waals surface area contributed by atoms with E-state index in [9.17, 15) is 8.78 Å². The number of nitrogens with two attached hydrogens (primary N) is 1. The molecule has 0 aliphatic rings. The molecule has 0 heterocycles. The van der Waals surface area contributed by atoms with Crippen LogP contribution in [0.5, 0.6) is 0 Å². The zero-order valence-corrected chi connectivity index (χ0v) is 9.93. The SMILES string of the molecule is Nc1c(Br)c(F)c(F)c(Br)c1N=S. The lowest BCUT2D eigenvalue weighted by Crippen LogP contribution is -1.96. The van der Waals surface area contributed by atoms with Gasteiger partial charge in [-0.25, -0.2) is 8.78 Å². The fourth-order valence-electron chi connectivity index (χ4n) is 0.726. The maximum absolute atomic E-state index is 13.0. The molecule has 7 heteroatoms. The highest BCUT2D eigenvalue weighted by Gasteiger charge is 2.19. The summed E-state index contributed by atoms with van der Waals surface area (Å²) in [6, 6.07) is 0. The number of hydrogen-bond donors (Lipinski definition) is 1.